The molecule has 0 spiro atoms. The Morgan fingerprint density at radius 3 is 1.41 bits per heavy atom. The zero-order valence-corrected chi connectivity index (χ0v) is 38.6. The molecule has 58 heavy (non-hydrogen) atoms. The van der Waals surface area contributed by atoms with Crippen LogP contribution >= 0.6 is 23.2 Å². The Kier molecular flexibility index (Phi) is 36.4. The van der Waals surface area contributed by atoms with Crippen molar-refractivity contribution in [1.29, 1.82) is 0 Å². The number of unbranched alkanes of at least 4 members (excludes halogenated alkanes) is 24. The second kappa shape index (κ2) is 39.1. The minimum atomic E-state index is -0.861. The van der Waals surface area contributed by atoms with E-state index in [2.05, 4.69) is 29.4 Å². The number of nitrogens with one attached hydrogen (secondary N) is 2. The Bertz CT molecular complexity index is 1120. The van der Waals surface area contributed by atoms with E-state index < -0.39 is 18.1 Å². The molecular formula is C48H86Cl2N4O4. The van der Waals surface area contributed by atoms with Crippen molar-refractivity contribution >= 4 is 46.7 Å². The number of nitrogens with zero attached hydrogens (tertiary/aromatic N) is 1. The van der Waals surface area contributed by atoms with Gasteiger partial charge < -0.3 is 26.0 Å². The summed E-state index contributed by atoms with van der Waals surface area (Å²) in [4.78, 5) is 40.9. The van der Waals surface area contributed by atoms with Crippen LogP contribution in [0.15, 0.2) is 24.3 Å². The van der Waals surface area contributed by atoms with Crippen molar-refractivity contribution in [2.24, 2.45) is 5.73 Å². The molecule has 2 amide bonds. The molecule has 336 valence electrons. The number of nitrogens with two attached hydrogens (primary N) is 1. The van der Waals surface area contributed by atoms with Crippen LogP contribution < -0.4 is 21.3 Å². The molecule has 0 bridgehead atoms. The van der Waals surface area contributed by atoms with E-state index in [1.165, 1.54) is 128 Å². The van der Waals surface area contributed by atoms with Gasteiger partial charge in [-0.25, -0.2) is 0 Å². The summed E-state index contributed by atoms with van der Waals surface area (Å²) in [6.07, 6.45) is 33.8. The van der Waals surface area contributed by atoms with Gasteiger partial charge >= 0.3 is 5.97 Å². The molecule has 0 radical (unpaired) electrons. The van der Waals surface area contributed by atoms with E-state index in [1.807, 2.05) is 24.3 Å². The monoisotopic (exact) mass is 853 g/mol. The van der Waals surface area contributed by atoms with Crippen LogP contribution in [-0.4, -0.2) is 67.9 Å². The molecule has 8 nitrogen and oxygen atoms in total. The molecule has 0 saturated heterocycles. The Morgan fingerprint density at radius 2 is 1.00 bits per heavy atom. The third-order valence-corrected chi connectivity index (χ3v) is 11.5. The predicted molar refractivity (Wildman–Crippen MR) is 248 cm³/mol. The molecular weight excluding hydrogens is 767 g/mol. The van der Waals surface area contributed by atoms with Gasteiger partial charge in [-0.1, -0.05) is 180 Å². The first-order valence-corrected chi connectivity index (χ1v) is 24.9. The maximum absolute atomic E-state index is 13.0. The number of esters is 1. The smallest absolute Gasteiger partial charge is 0.323 e. The number of benzene rings is 1. The van der Waals surface area contributed by atoms with Crippen molar-refractivity contribution in [3.8, 4) is 0 Å². The average Bonchev–Trinajstić information content (AvgIpc) is 3.22. The summed E-state index contributed by atoms with van der Waals surface area (Å²) in [6, 6.07) is 6.47. The number of carbonyl (C=O) groups excluding carboxylic acids is 3. The van der Waals surface area contributed by atoms with Gasteiger partial charge in [0.05, 0.1) is 6.04 Å². The van der Waals surface area contributed by atoms with Gasteiger partial charge in [0.25, 0.3) is 0 Å². The summed E-state index contributed by atoms with van der Waals surface area (Å²) in [7, 11) is 0. The minimum Gasteiger partial charge on any atom is -0.462 e. The molecule has 0 aromatic heterocycles. The lowest BCUT2D eigenvalue weighted by atomic mass is 10.0. The minimum absolute atomic E-state index is 0.0408. The number of amides is 2. The number of alkyl halides is 2. The SMILES string of the molecule is CCCCCCCCCCCCCCCC(=O)NCC(COC(=O)[C@@H](N)Cc1ccc(N(CCCl)CCCl)cc1)NC(=O)CCCCCCCCCCCCCCC. The highest BCUT2D eigenvalue weighted by atomic mass is 35.5. The Balaban J connectivity index is 2.49. The quantitative estimate of drug-likeness (QED) is 0.0343. The second-order valence-corrected chi connectivity index (χ2v) is 17.3. The first-order valence-electron chi connectivity index (χ1n) is 23.8. The number of anilines is 1. The molecule has 1 rings (SSSR count). The molecule has 4 N–H and O–H groups in total. The lowest BCUT2D eigenvalue weighted by Crippen LogP contribution is -2.47. The van der Waals surface area contributed by atoms with Crippen molar-refractivity contribution in [3.63, 3.8) is 0 Å². The number of ether oxygens (including phenoxy) is 1. The van der Waals surface area contributed by atoms with Crippen molar-refractivity contribution in [1.82, 2.24) is 10.6 Å². The zero-order chi connectivity index (χ0) is 42.3. The molecule has 2 atom stereocenters. The molecule has 1 unspecified atom stereocenters. The lowest BCUT2D eigenvalue weighted by molar-refractivity contribution is -0.146. The normalized spacial score (nSPS) is 12.3. The van der Waals surface area contributed by atoms with Crippen LogP contribution in [0.5, 0.6) is 0 Å². The van der Waals surface area contributed by atoms with E-state index in [1.54, 1.807) is 0 Å². The van der Waals surface area contributed by atoms with E-state index in [9.17, 15) is 14.4 Å². The third-order valence-electron chi connectivity index (χ3n) is 11.1. The van der Waals surface area contributed by atoms with E-state index >= 15 is 0 Å². The number of rotatable bonds is 41. The third kappa shape index (κ3) is 30.9. The fourth-order valence-corrected chi connectivity index (χ4v) is 7.84. The van der Waals surface area contributed by atoms with Crippen LogP contribution in [-0.2, 0) is 25.5 Å². The molecule has 0 saturated carbocycles. The van der Waals surface area contributed by atoms with Crippen LogP contribution in [0, 0.1) is 0 Å². The van der Waals surface area contributed by atoms with Gasteiger partial charge in [0, 0.05) is 49.9 Å². The maximum atomic E-state index is 13.0. The van der Waals surface area contributed by atoms with Crippen molar-refractivity contribution in [3.05, 3.63) is 29.8 Å². The van der Waals surface area contributed by atoms with Crippen molar-refractivity contribution in [2.75, 3.05) is 42.9 Å². The molecule has 0 aliphatic heterocycles. The fourth-order valence-electron chi connectivity index (χ4n) is 7.43. The summed E-state index contributed by atoms with van der Waals surface area (Å²) in [6.45, 7) is 6.05. The van der Waals surface area contributed by atoms with Crippen molar-refractivity contribution in [2.45, 2.75) is 212 Å². The van der Waals surface area contributed by atoms with Gasteiger partial charge in [0.15, 0.2) is 0 Å². The molecule has 0 aliphatic carbocycles. The first-order chi connectivity index (χ1) is 28.3. The standard InChI is InChI=1S/C48H86Cl2N4O4/c1-3-5-7-9-11-13-15-17-19-21-23-25-27-29-46(55)52-40-43(53-47(56)30-28-26-24-22-20-18-16-14-12-10-8-6-4-2)41-58-48(57)45(51)39-42-31-33-44(34-32-42)54(37-35-49)38-36-50/h31-34,43,45H,3-30,35-41,51H2,1-2H3,(H,52,55)(H,53,56)/t43?,45-/m0/s1. The zero-order valence-electron chi connectivity index (χ0n) is 37.1. The Morgan fingerprint density at radius 1 is 0.603 bits per heavy atom. The highest BCUT2D eigenvalue weighted by molar-refractivity contribution is 6.18. The molecule has 0 aliphatic rings. The molecule has 0 fully saturated rings. The van der Waals surface area contributed by atoms with Gasteiger partial charge in [-0.15, -0.1) is 23.2 Å². The van der Waals surface area contributed by atoms with E-state index in [4.69, 9.17) is 33.7 Å². The summed E-state index contributed by atoms with van der Waals surface area (Å²) < 4.78 is 5.63. The van der Waals surface area contributed by atoms with Crippen LogP contribution in [0.2, 0.25) is 0 Å². The Hall–Kier alpha value is -2.03. The Labute approximate surface area is 365 Å². The summed E-state index contributed by atoms with van der Waals surface area (Å²) in [5.41, 5.74) is 8.20. The molecule has 1 aromatic carbocycles. The number of hydrogen-bond acceptors (Lipinski definition) is 6. The summed E-state index contributed by atoms with van der Waals surface area (Å²) in [5, 5.41) is 6.00. The lowest BCUT2D eigenvalue weighted by Gasteiger charge is -2.23. The predicted octanol–water partition coefficient (Wildman–Crippen LogP) is 11.9. The van der Waals surface area contributed by atoms with Crippen molar-refractivity contribution < 1.29 is 19.1 Å². The van der Waals surface area contributed by atoms with Gasteiger partial charge in [0.1, 0.15) is 12.6 Å². The second-order valence-electron chi connectivity index (χ2n) is 16.5. The largest absolute Gasteiger partial charge is 0.462 e. The van der Waals surface area contributed by atoms with Crippen LogP contribution in [0.3, 0.4) is 0 Å². The maximum Gasteiger partial charge on any atom is 0.323 e. The van der Waals surface area contributed by atoms with Crippen LogP contribution in [0.4, 0.5) is 5.69 Å². The van der Waals surface area contributed by atoms with Crippen LogP contribution in [0.25, 0.3) is 0 Å². The van der Waals surface area contributed by atoms with E-state index in [0.29, 0.717) is 44.1 Å². The van der Waals surface area contributed by atoms with Gasteiger partial charge in [0.2, 0.25) is 11.8 Å². The average molecular weight is 854 g/mol. The van der Waals surface area contributed by atoms with Crippen LogP contribution in [0.1, 0.15) is 199 Å². The molecule has 1 aromatic rings. The summed E-state index contributed by atoms with van der Waals surface area (Å²) >= 11 is 11.9. The summed E-state index contributed by atoms with van der Waals surface area (Å²) in [5.74, 6) is 0.334. The number of hydrogen-bond donors (Lipinski definition) is 3. The number of carbonyl (C=O) groups is 3. The van der Waals surface area contributed by atoms with Gasteiger partial charge in [-0.2, -0.15) is 0 Å². The topological polar surface area (TPSA) is 114 Å². The van der Waals surface area contributed by atoms with E-state index in [0.717, 1.165) is 49.8 Å². The number of halogens is 2. The fraction of sp³-hybridized carbons (Fsp3) is 0.812. The first kappa shape index (κ1) is 54.0. The highest BCUT2D eigenvalue weighted by Gasteiger charge is 2.20. The highest BCUT2D eigenvalue weighted by Crippen LogP contribution is 2.18. The van der Waals surface area contributed by atoms with Gasteiger partial charge in [-0.3, -0.25) is 14.4 Å². The van der Waals surface area contributed by atoms with Gasteiger partial charge in [-0.05, 0) is 37.0 Å². The molecule has 10 heteroatoms. The molecule has 0 heterocycles. The van der Waals surface area contributed by atoms with E-state index in [-0.39, 0.29) is 25.0 Å².